The van der Waals surface area contributed by atoms with Gasteiger partial charge in [-0.25, -0.2) is 4.98 Å². The van der Waals surface area contributed by atoms with E-state index in [0.29, 0.717) is 23.0 Å². The summed E-state index contributed by atoms with van der Waals surface area (Å²) in [5, 5.41) is 0.531. The molecule has 2 aliphatic rings. The van der Waals surface area contributed by atoms with E-state index < -0.39 is 0 Å². The number of likely N-dealkylation sites (tertiary alicyclic amines) is 2. The minimum absolute atomic E-state index is 0.125. The van der Waals surface area contributed by atoms with Crippen LogP contribution in [0.1, 0.15) is 55.1 Å². The Balaban J connectivity index is 1.58. The van der Waals surface area contributed by atoms with Crippen LogP contribution in [-0.4, -0.2) is 58.5 Å². The molecule has 0 saturated carbocycles. The molecule has 6 heteroatoms. The van der Waals surface area contributed by atoms with E-state index in [2.05, 4.69) is 16.9 Å². The number of carbonyl (C=O) groups is 1. The molecule has 29 heavy (non-hydrogen) atoms. The van der Waals surface area contributed by atoms with Gasteiger partial charge in [-0.2, -0.15) is 0 Å². The Morgan fingerprint density at radius 3 is 2.55 bits per heavy atom. The van der Waals surface area contributed by atoms with Gasteiger partial charge in [-0.1, -0.05) is 0 Å². The van der Waals surface area contributed by atoms with Gasteiger partial charge in [0, 0.05) is 31.5 Å². The van der Waals surface area contributed by atoms with E-state index in [0.717, 1.165) is 38.2 Å². The summed E-state index contributed by atoms with van der Waals surface area (Å²) in [6.45, 7) is 8.41. The zero-order valence-electron chi connectivity index (χ0n) is 17.9. The first-order valence-corrected chi connectivity index (χ1v) is 10.9. The fourth-order valence-corrected chi connectivity index (χ4v) is 5.00. The van der Waals surface area contributed by atoms with Crippen molar-refractivity contribution in [2.75, 3.05) is 33.2 Å². The second-order valence-corrected chi connectivity index (χ2v) is 8.93. The molecule has 0 aromatic carbocycles. The van der Waals surface area contributed by atoms with Crippen molar-refractivity contribution in [3.05, 3.63) is 39.8 Å². The van der Waals surface area contributed by atoms with E-state index in [1.54, 1.807) is 12.3 Å². The van der Waals surface area contributed by atoms with E-state index in [4.69, 9.17) is 0 Å². The van der Waals surface area contributed by atoms with Crippen LogP contribution < -0.4 is 5.43 Å². The Morgan fingerprint density at radius 2 is 1.83 bits per heavy atom. The average molecular weight is 397 g/mol. The molecule has 4 heterocycles. The lowest BCUT2D eigenvalue weighted by molar-refractivity contribution is 0.0541. The van der Waals surface area contributed by atoms with Crippen LogP contribution in [0.5, 0.6) is 0 Å². The molecule has 0 bridgehead atoms. The number of carbonyl (C=O) groups excluding carboxylic acids is 1. The molecule has 2 aromatic rings. The fraction of sp³-hybridized carbons (Fsp3) is 0.609. The molecule has 2 aromatic heterocycles. The van der Waals surface area contributed by atoms with Crippen LogP contribution in [0.2, 0.25) is 0 Å². The van der Waals surface area contributed by atoms with E-state index >= 15 is 0 Å². The van der Waals surface area contributed by atoms with Gasteiger partial charge in [0.1, 0.15) is 11.2 Å². The van der Waals surface area contributed by atoms with Gasteiger partial charge in [0.2, 0.25) is 5.43 Å². The normalized spacial score (nSPS) is 20.2. The fourth-order valence-electron chi connectivity index (χ4n) is 5.00. The van der Waals surface area contributed by atoms with Gasteiger partial charge in [-0.3, -0.25) is 9.59 Å². The minimum atomic E-state index is -0.196. The number of hydrogen-bond donors (Lipinski definition) is 0. The minimum Gasteiger partial charge on any atom is -0.338 e. The van der Waals surface area contributed by atoms with E-state index in [1.807, 2.05) is 29.4 Å². The predicted molar refractivity (Wildman–Crippen MR) is 115 cm³/mol. The smallest absolute Gasteiger partial charge is 0.259 e. The van der Waals surface area contributed by atoms with Gasteiger partial charge in [-0.15, -0.1) is 0 Å². The molecule has 156 valence electrons. The Bertz CT molecular complexity index is 973. The maximum atomic E-state index is 13.3. The second-order valence-electron chi connectivity index (χ2n) is 8.93. The highest BCUT2D eigenvalue weighted by atomic mass is 16.2. The highest BCUT2D eigenvalue weighted by molar-refractivity contribution is 5.97. The number of hydrogen-bond acceptors (Lipinski definition) is 4. The third-order valence-corrected chi connectivity index (χ3v) is 7.01. The van der Waals surface area contributed by atoms with Crippen molar-refractivity contribution in [1.82, 2.24) is 19.4 Å². The van der Waals surface area contributed by atoms with Crippen molar-refractivity contribution in [3.8, 4) is 0 Å². The molecular weight excluding hydrogens is 364 g/mol. The molecule has 1 spiro atoms. The Kier molecular flexibility index (Phi) is 5.47. The molecule has 2 saturated heterocycles. The lowest BCUT2D eigenvalue weighted by Crippen LogP contribution is -2.44. The Hall–Kier alpha value is -2.21. The standard InChI is InChI=1S/C23H32N4O2/c1-4-26-16-19(20(28)18-7-6-17(2)24-21(18)26)22(29)27-14-10-23(11-15-27)8-5-12-25(3)13-9-23/h6-7,16H,4-5,8-15H2,1-3H3. The van der Waals surface area contributed by atoms with Crippen LogP contribution in [0.4, 0.5) is 0 Å². The lowest BCUT2D eigenvalue weighted by Gasteiger charge is -2.41. The summed E-state index contributed by atoms with van der Waals surface area (Å²) in [6, 6.07) is 3.64. The molecule has 6 nitrogen and oxygen atoms in total. The molecule has 2 fully saturated rings. The monoisotopic (exact) mass is 396 g/mol. The van der Waals surface area contributed by atoms with Crippen molar-refractivity contribution < 1.29 is 4.79 Å². The van der Waals surface area contributed by atoms with Crippen LogP contribution in [-0.2, 0) is 6.54 Å². The van der Waals surface area contributed by atoms with Gasteiger partial charge in [0.05, 0.1) is 5.39 Å². The van der Waals surface area contributed by atoms with Gasteiger partial charge in [0.15, 0.2) is 0 Å². The maximum Gasteiger partial charge on any atom is 0.259 e. The molecule has 0 aliphatic carbocycles. The van der Waals surface area contributed by atoms with Gasteiger partial charge in [0.25, 0.3) is 5.91 Å². The summed E-state index contributed by atoms with van der Waals surface area (Å²) in [4.78, 5) is 35.2. The van der Waals surface area contributed by atoms with E-state index in [-0.39, 0.29) is 16.9 Å². The van der Waals surface area contributed by atoms with E-state index in [1.165, 1.54) is 25.8 Å². The summed E-state index contributed by atoms with van der Waals surface area (Å²) >= 11 is 0. The highest BCUT2D eigenvalue weighted by Crippen LogP contribution is 2.41. The molecule has 0 unspecified atom stereocenters. The first-order valence-electron chi connectivity index (χ1n) is 10.9. The van der Waals surface area contributed by atoms with Gasteiger partial charge >= 0.3 is 0 Å². The molecule has 1 amide bonds. The van der Waals surface area contributed by atoms with Crippen LogP contribution in [0.25, 0.3) is 11.0 Å². The van der Waals surface area contributed by atoms with Crippen LogP contribution in [0.15, 0.2) is 23.1 Å². The third-order valence-electron chi connectivity index (χ3n) is 7.01. The van der Waals surface area contributed by atoms with Crippen molar-refractivity contribution >= 4 is 16.9 Å². The number of amides is 1. The summed E-state index contributed by atoms with van der Waals surface area (Å²) in [5.74, 6) is -0.125. The number of aromatic nitrogens is 2. The molecule has 2 aliphatic heterocycles. The third kappa shape index (κ3) is 3.82. The number of aryl methyl sites for hydroxylation is 2. The molecular formula is C23H32N4O2. The van der Waals surface area contributed by atoms with Gasteiger partial charge in [-0.05, 0) is 83.6 Å². The van der Waals surface area contributed by atoms with Crippen LogP contribution in [0.3, 0.4) is 0 Å². The van der Waals surface area contributed by atoms with E-state index in [9.17, 15) is 9.59 Å². The molecule has 0 N–H and O–H groups in total. The second kappa shape index (κ2) is 7.90. The van der Waals surface area contributed by atoms with Gasteiger partial charge < -0.3 is 14.4 Å². The number of nitrogens with zero attached hydrogens (tertiary/aromatic N) is 4. The zero-order chi connectivity index (χ0) is 20.6. The summed E-state index contributed by atoms with van der Waals surface area (Å²) < 4.78 is 1.92. The van der Waals surface area contributed by atoms with Crippen molar-refractivity contribution in [2.45, 2.75) is 52.5 Å². The summed E-state index contributed by atoms with van der Waals surface area (Å²) in [5.41, 5.74) is 1.98. The highest BCUT2D eigenvalue weighted by Gasteiger charge is 2.37. The van der Waals surface area contributed by atoms with Crippen molar-refractivity contribution in [3.63, 3.8) is 0 Å². The first kappa shape index (κ1) is 20.1. The molecule has 0 atom stereocenters. The molecule has 4 rings (SSSR count). The SMILES string of the molecule is CCn1cc(C(=O)N2CCC3(CCCN(C)CC3)CC2)c(=O)c2ccc(C)nc21. The topological polar surface area (TPSA) is 58.4 Å². The number of piperidine rings is 1. The van der Waals surface area contributed by atoms with Crippen molar-refractivity contribution in [2.24, 2.45) is 5.41 Å². The number of rotatable bonds is 2. The number of pyridine rings is 2. The predicted octanol–water partition coefficient (Wildman–Crippen LogP) is 3.06. The largest absolute Gasteiger partial charge is 0.338 e. The number of fused-ring (bicyclic) bond motifs is 1. The average Bonchev–Trinajstić information content (AvgIpc) is 2.90. The lowest BCUT2D eigenvalue weighted by atomic mass is 9.73. The zero-order valence-corrected chi connectivity index (χ0v) is 17.9. The quantitative estimate of drug-likeness (QED) is 0.783. The Morgan fingerprint density at radius 1 is 1.10 bits per heavy atom. The molecule has 0 radical (unpaired) electrons. The van der Waals surface area contributed by atoms with Crippen LogP contribution >= 0.6 is 0 Å². The summed E-state index contributed by atoms with van der Waals surface area (Å²) in [6.07, 6.45) is 7.51. The van der Waals surface area contributed by atoms with Crippen molar-refractivity contribution in [1.29, 1.82) is 0 Å². The first-order chi connectivity index (χ1) is 13.9. The summed E-state index contributed by atoms with van der Waals surface area (Å²) in [7, 11) is 2.20. The van der Waals surface area contributed by atoms with Crippen LogP contribution in [0, 0.1) is 12.3 Å². The Labute approximate surface area is 172 Å². The maximum absolute atomic E-state index is 13.3.